The van der Waals surface area contributed by atoms with Crippen molar-refractivity contribution < 1.29 is 14.3 Å². The van der Waals surface area contributed by atoms with E-state index in [-0.39, 0.29) is 23.0 Å². The zero-order chi connectivity index (χ0) is 21.2. The van der Waals surface area contributed by atoms with Crippen LogP contribution < -0.4 is 14.8 Å². The maximum absolute atomic E-state index is 13.0. The Labute approximate surface area is 174 Å². The molecule has 1 amide bonds. The fourth-order valence-corrected chi connectivity index (χ4v) is 3.72. The minimum absolute atomic E-state index is 0.0866. The van der Waals surface area contributed by atoms with Gasteiger partial charge >= 0.3 is 0 Å². The van der Waals surface area contributed by atoms with Gasteiger partial charge in [0.25, 0.3) is 5.91 Å². The van der Waals surface area contributed by atoms with Crippen molar-refractivity contribution in [2.45, 2.75) is 77.5 Å². The maximum atomic E-state index is 13.0. The second kappa shape index (κ2) is 8.10. The molecular formula is C25H33NO3. The van der Waals surface area contributed by atoms with Gasteiger partial charge < -0.3 is 14.8 Å². The lowest BCUT2D eigenvalue weighted by Gasteiger charge is -2.38. The Balaban J connectivity index is 1.72. The molecule has 0 fully saturated rings. The van der Waals surface area contributed by atoms with Crippen molar-refractivity contribution in [1.29, 1.82) is 0 Å². The molecule has 0 unspecified atom stereocenters. The topological polar surface area (TPSA) is 47.6 Å². The van der Waals surface area contributed by atoms with Gasteiger partial charge in [-0.15, -0.1) is 0 Å². The van der Waals surface area contributed by atoms with Crippen molar-refractivity contribution in [3.05, 3.63) is 59.7 Å². The van der Waals surface area contributed by atoms with Gasteiger partial charge in [-0.3, -0.25) is 4.79 Å². The molecule has 0 bridgehead atoms. The number of hydrogen-bond acceptors (Lipinski definition) is 3. The van der Waals surface area contributed by atoms with Crippen LogP contribution in [0.2, 0.25) is 0 Å². The summed E-state index contributed by atoms with van der Waals surface area (Å²) in [5, 5.41) is 3.19. The smallest absolute Gasteiger partial charge is 0.261 e. The van der Waals surface area contributed by atoms with Crippen LogP contribution in [-0.4, -0.2) is 17.6 Å². The predicted molar refractivity (Wildman–Crippen MR) is 116 cm³/mol. The zero-order valence-electron chi connectivity index (χ0n) is 18.4. The SMILES string of the molecule is CC[C@@H](Oc1ccc(C(C)(C)C)cc1)C(=O)N[C@@H]1CC(C)(C)Oc2ccccc21. The highest BCUT2D eigenvalue weighted by Crippen LogP contribution is 2.39. The van der Waals surface area contributed by atoms with Crippen LogP contribution in [-0.2, 0) is 10.2 Å². The fraction of sp³-hybridized carbons (Fsp3) is 0.480. The van der Waals surface area contributed by atoms with E-state index in [2.05, 4.69) is 38.2 Å². The van der Waals surface area contributed by atoms with Gasteiger partial charge in [0.1, 0.15) is 17.1 Å². The van der Waals surface area contributed by atoms with Crippen LogP contribution in [0.1, 0.15) is 71.6 Å². The van der Waals surface area contributed by atoms with Crippen LogP contribution in [0, 0.1) is 0 Å². The van der Waals surface area contributed by atoms with Crippen LogP contribution >= 0.6 is 0 Å². The highest BCUT2D eigenvalue weighted by Gasteiger charge is 2.35. The molecule has 0 aliphatic carbocycles. The van der Waals surface area contributed by atoms with Crippen LogP contribution in [0.4, 0.5) is 0 Å². The van der Waals surface area contributed by atoms with E-state index in [1.165, 1.54) is 5.56 Å². The van der Waals surface area contributed by atoms with E-state index >= 15 is 0 Å². The summed E-state index contributed by atoms with van der Waals surface area (Å²) in [5.41, 5.74) is 2.01. The third kappa shape index (κ3) is 5.11. The van der Waals surface area contributed by atoms with Crippen molar-refractivity contribution in [1.82, 2.24) is 5.32 Å². The van der Waals surface area contributed by atoms with Gasteiger partial charge in [0.2, 0.25) is 0 Å². The average molecular weight is 396 g/mol. The molecule has 0 spiro atoms. The van der Waals surface area contributed by atoms with Crippen molar-refractivity contribution >= 4 is 5.91 Å². The fourth-order valence-electron chi connectivity index (χ4n) is 3.72. The van der Waals surface area contributed by atoms with Gasteiger partial charge in [-0.05, 0) is 49.4 Å². The Kier molecular flexibility index (Phi) is 5.92. The Hall–Kier alpha value is -2.49. The molecule has 4 heteroatoms. The van der Waals surface area contributed by atoms with Crippen LogP contribution in [0.25, 0.3) is 0 Å². The standard InChI is InChI=1S/C25H33NO3/c1-7-21(28-18-14-12-17(13-15-18)24(2,3)4)23(27)26-20-16-25(5,6)29-22-11-9-8-10-19(20)22/h8-15,20-21H,7,16H2,1-6H3,(H,26,27)/t20-,21-/m1/s1. The summed E-state index contributed by atoms with van der Waals surface area (Å²) in [7, 11) is 0. The molecule has 0 saturated heterocycles. The molecule has 0 aromatic heterocycles. The first-order valence-electron chi connectivity index (χ1n) is 10.4. The van der Waals surface area contributed by atoms with Gasteiger partial charge in [-0.25, -0.2) is 0 Å². The second-order valence-corrected chi connectivity index (χ2v) is 9.45. The third-order valence-electron chi connectivity index (χ3n) is 5.35. The summed E-state index contributed by atoms with van der Waals surface area (Å²) in [5.74, 6) is 1.46. The number of ether oxygens (including phenoxy) is 2. The molecule has 0 radical (unpaired) electrons. The van der Waals surface area contributed by atoms with Gasteiger partial charge in [0.05, 0.1) is 6.04 Å². The number of benzene rings is 2. The van der Waals surface area contributed by atoms with Crippen molar-refractivity contribution in [2.24, 2.45) is 0 Å². The molecule has 1 N–H and O–H groups in total. The van der Waals surface area contributed by atoms with Crippen LogP contribution in [0.5, 0.6) is 11.5 Å². The third-order valence-corrected chi connectivity index (χ3v) is 5.35. The Bertz CT molecular complexity index is 849. The van der Waals surface area contributed by atoms with E-state index in [0.717, 1.165) is 11.3 Å². The largest absolute Gasteiger partial charge is 0.487 e. The quantitative estimate of drug-likeness (QED) is 0.721. The number of nitrogens with one attached hydrogen (secondary N) is 1. The molecule has 156 valence electrons. The van der Waals surface area contributed by atoms with Gasteiger partial charge in [0.15, 0.2) is 6.10 Å². The Morgan fingerprint density at radius 3 is 2.45 bits per heavy atom. The molecule has 1 heterocycles. The lowest BCUT2D eigenvalue weighted by molar-refractivity contribution is -0.129. The molecule has 2 aromatic rings. The second-order valence-electron chi connectivity index (χ2n) is 9.45. The van der Waals surface area contributed by atoms with Crippen LogP contribution in [0.3, 0.4) is 0 Å². The predicted octanol–water partition coefficient (Wildman–Crippen LogP) is 5.56. The molecule has 1 aliphatic heterocycles. The average Bonchev–Trinajstić information content (AvgIpc) is 2.64. The molecule has 0 saturated carbocycles. The maximum Gasteiger partial charge on any atom is 0.261 e. The molecule has 2 atom stereocenters. The summed E-state index contributed by atoms with van der Waals surface area (Å²) >= 11 is 0. The van der Waals surface area contributed by atoms with Crippen molar-refractivity contribution in [3.8, 4) is 11.5 Å². The lowest BCUT2D eigenvalue weighted by atomic mass is 9.87. The summed E-state index contributed by atoms with van der Waals surface area (Å²) < 4.78 is 12.1. The van der Waals surface area contributed by atoms with Crippen molar-refractivity contribution in [3.63, 3.8) is 0 Å². The minimum atomic E-state index is -0.534. The summed E-state index contributed by atoms with van der Waals surface area (Å²) in [6.07, 6.45) is 0.779. The van der Waals surface area contributed by atoms with E-state index in [1.54, 1.807) is 0 Å². The Morgan fingerprint density at radius 1 is 1.17 bits per heavy atom. The van der Waals surface area contributed by atoms with E-state index in [1.807, 2.05) is 57.2 Å². The molecule has 3 rings (SSSR count). The zero-order valence-corrected chi connectivity index (χ0v) is 18.4. The lowest BCUT2D eigenvalue weighted by Crippen LogP contribution is -2.45. The van der Waals surface area contributed by atoms with E-state index in [4.69, 9.17) is 9.47 Å². The van der Waals surface area contributed by atoms with E-state index < -0.39 is 6.10 Å². The first-order valence-corrected chi connectivity index (χ1v) is 10.4. The first-order chi connectivity index (χ1) is 13.6. The number of amides is 1. The van der Waals surface area contributed by atoms with Crippen molar-refractivity contribution in [2.75, 3.05) is 0 Å². The molecule has 29 heavy (non-hydrogen) atoms. The number of hydrogen-bond donors (Lipinski definition) is 1. The normalized spacial score (nSPS) is 18.9. The van der Waals surface area contributed by atoms with Gasteiger partial charge in [0, 0.05) is 12.0 Å². The Morgan fingerprint density at radius 2 is 1.83 bits per heavy atom. The number of carbonyl (C=O) groups is 1. The van der Waals surface area contributed by atoms with Gasteiger partial charge in [-0.2, -0.15) is 0 Å². The molecule has 2 aromatic carbocycles. The molecule has 4 nitrogen and oxygen atoms in total. The monoisotopic (exact) mass is 395 g/mol. The van der Waals surface area contributed by atoms with E-state index in [9.17, 15) is 4.79 Å². The minimum Gasteiger partial charge on any atom is -0.487 e. The number of carbonyl (C=O) groups excluding carboxylic acids is 1. The molecule has 1 aliphatic rings. The van der Waals surface area contributed by atoms with E-state index in [0.29, 0.717) is 18.6 Å². The van der Waals surface area contributed by atoms with Gasteiger partial charge in [-0.1, -0.05) is 58.0 Å². The first kappa shape index (κ1) is 21.2. The molecular weight excluding hydrogens is 362 g/mol. The highest BCUT2D eigenvalue weighted by atomic mass is 16.5. The number of rotatable bonds is 5. The number of fused-ring (bicyclic) bond motifs is 1. The summed E-state index contributed by atoms with van der Waals surface area (Å²) in [4.78, 5) is 13.0. The number of para-hydroxylation sites is 1. The van der Waals surface area contributed by atoms with Crippen LogP contribution in [0.15, 0.2) is 48.5 Å². The summed E-state index contributed by atoms with van der Waals surface area (Å²) in [6, 6.07) is 15.8. The summed E-state index contributed by atoms with van der Waals surface area (Å²) in [6.45, 7) is 12.6. The highest BCUT2D eigenvalue weighted by molar-refractivity contribution is 5.81.